The van der Waals surface area contributed by atoms with Crippen LogP contribution in [0.2, 0.25) is 0 Å². The Morgan fingerprint density at radius 3 is 2.74 bits per heavy atom. The van der Waals surface area contributed by atoms with Crippen LogP contribution in [0.3, 0.4) is 0 Å². The number of hydrogen-bond acceptors (Lipinski definition) is 3. The highest BCUT2D eigenvalue weighted by molar-refractivity contribution is 6.00. The molecule has 4 heteroatoms. The molecular formula is C19H23N3O. The molecule has 1 aliphatic heterocycles. The van der Waals surface area contributed by atoms with Gasteiger partial charge in [-0.1, -0.05) is 17.7 Å². The van der Waals surface area contributed by atoms with E-state index in [2.05, 4.69) is 27.3 Å². The molecule has 0 bridgehead atoms. The van der Waals surface area contributed by atoms with Gasteiger partial charge in [0.15, 0.2) is 0 Å². The fraction of sp³-hybridized carbons (Fsp3) is 0.368. The number of anilines is 1. The minimum atomic E-state index is -0.0665. The third-order valence-corrected chi connectivity index (χ3v) is 4.38. The van der Waals surface area contributed by atoms with Crippen molar-refractivity contribution in [2.75, 3.05) is 18.0 Å². The number of benzene rings is 1. The van der Waals surface area contributed by atoms with Crippen molar-refractivity contribution >= 4 is 11.6 Å². The Morgan fingerprint density at radius 1 is 1.26 bits per heavy atom. The van der Waals surface area contributed by atoms with Gasteiger partial charge in [-0.25, -0.2) is 0 Å². The molecule has 1 atom stereocenters. The van der Waals surface area contributed by atoms with Gasteiger partial charge in [0.1, 0.15) is 0 Å². The molecule has 2 aromatic rings. The van der Waals surface area contributed by atoms with Gasteiger partial charge in [-0.15, -0.1) is 0 Å². The predicted octanol–water partition coefficient (Wildman–Crippen LogP) is 3.48. The van der Waals surface area contributed by atoms with Crippen molar-refractivity contribution in [3.63, 3.8) is 0 Å². The zero-order valence-electron chi connectivity index (χ0n) is 13.7. The first-order valence-corrected chi connectivity index (χ1v) is 8.21. The second-order valence-corrected chi connectivity index (χ2v) is 6.20. The Labute approximate surface area is 137 Å². The van der Waals surface area contributed by atoms with Crippen LogP contribution in [0.5, 0.6) is 0 Å². The van der Waals surface area contributed by atoms with E-state index in [0.717, 1.165) is 35.5 Å². The molecule has 4 nitrogen and oxygen atoms in total. The number of aromatic nitrogens is 1. The maximum Gasteiger partial charge on any atom is 0.253 e. The van der Waals surface area contributed by atoms with Crippen LogP contribution < -0.4 is 10.2 Å². The second-order valence-electron chi connectivity index (χ2n) is 6.20. The molecule has 1 unspecified atom stereocenters. The molecule has 0 saturated carbocycles. The van der Waals surface area contributed by atoms with Crippen LogP contribution in [0.25, 0.3) is 0 Å². The Bertz CT molecular complexity index is 678. The van der Waals surface area contributed by atoms with E-state index in [0.29, 0.717) is 0 Å². The van der Waals surface area contributed by atoms with Gasteiger partial charge < -0.3 is 10.2 Å². The van der Waals surface area contributed by atoms with Crippen LogP contribution in [-0.2, 0) is 0 Å². The number of amides is 1. The number of nitrogens with one attached hydrogen (secondary N) is 1. The summed E-state index contributed by atoms with van der Waals surface area (Å²) in [6, 6.07) is 9.94. The van der Waals surface area contributed by atoms with E-state index < -0.39 is 0 Å². The van der Waals surface area contributed by atoms with E-state index in [-0.39, 0.29) is 11.9 Å². The monoisotopic (exact) mass is 309 g/mol. The molecule has 0 aliphatic carbocycles. The molecule has 1 saturated heterocycles. The smallest absolute Gasteiger partial charge is 0.253 e. The first-order chi connectivity index (χ1) is 11.1. The van der Waals surface area contributed by atoms with Crippen molar-refractivity contribution in [2.24, 2.45) is 0 Å². The topological polar surface area (TPSA) is 45.2 Å². The summed E-state index contributed by atoms with van der Waals surface area (Å²) in [5.74, 6) is -0.0213. The number of hydrogen-bond donors (Lipinski definition) is 1. The molecule has 1 aliphatic rings. The molecule has 120 valence electrons. The number of pyridine rings is 1. The minimum Gasteiger partial charge on any atom is -0.371 e. The maximum atomic E-state index is 12.8. The van der Waals surface area contributed by atoms with Crippen LogP contribution in [0.4, 0.5) is 5.69 Å². The van der Waals surface area contributed by atoms with E-state index in [1.807, 2.05) is 32.0 Å². The molecule has 1 amide bonds. The third kappa shape index (κ3) is 3.52. The highest BCUT2D eigenvalue weighted by Crippen LogP contribution is 2.26. The summed E-state index contributed by atoms with van der Waals surface area (Å²) in [6.45, 7) is 6.07. The van der Waals surface area contributed by atoms with E-state index in [9.17, 15) is 4.79 Å². The van der Waals surface area contributed by atoms with Gasteiger partial charge in [-0.05, 0) is 50.5 Å². The van der Waals surface area contributed by atoms with Crippen molar-refractivity contribution in [1.29, 1.82) is 0 Å². The summed E-state index contributed by atoms with van der Waals surface area (Å²) in [7, 11) is 0. The number of rotatable bonds is 4. The van der Waals surface area contributed by atoms with Crippen molar-refractivity contribution in [1.82, 2.24) is 10.3 Å². The van der Waals surface area contributed by atoms with Crippen LogP contribution in [0.15, 0.2) is 42.7 Å². The zero-order valence-corrected chi connectivity index (χ0v) is 13.7. The maximum absolute atomic E-state index is 12.8. The highest BCUT2D eigenvalue weighted by atomic mass is 16.1. The van der Waals surface area contributed by atoms with Gasteiger partial charge in [0.25, 0.3) is 5.91 Å². The van der Waals surface area contributed by atoms with E-state index in [4.69, 9.17) is 0 Å². The first-order valence-electron chi connectivity index (χ1n) is 8.21. The SMILES string of the molecule is Cc1ccc(N2CCCC2)c(C(=O)NC(C)c2cccnc2)c1. The lowest BCUT2D eigenvalue weighted by molar-refractivity contribution is 0.0940. The van der Waals surface area contributed by atoms with Gasteiger partial charge >= 0.3 is 0 Å². The fourth-order valence-corrected chi connectivity index (χ4v) is 3.06. The molecule has 1 aromatic heterocycles. The minimum absolute atomic E-state index is 0.0213. The standard InChI is InChI=1S/C19H23N3O/c1-14-7-8-18(22-10-3-4-11-22)17(12-14)19(23)21-15(2)16-6-5-9-20-13-16/h5-9,12-13,15H,3-4,10-11H2,1-2H3,(H,21,23). The van der Waals surface area contributed by atoms with Gasteiger partial charge in [0, 0.05) is 31.2 Å². The molecular weight excluding hydrogens is 286 g/mol. The summed E-state index contributed by atoms with van der Waals surface area (Å²) in [4.78, 5) is 19.2. The lowest BCUT2D eigenvalue weighted by Crippen LogP contribution is -2.29. The van der Waals surface area contributed by atoms with Gasteiger partial charge in [0.2, 0.25) is 0 Å². The average Bonchev–Trinajstić information content (AvgIpc) is 3.09. The lowest BCUT2D eigenvalue weighted by atomic mass is 10.1. The van der Waals surface area contributed by atoms with Crippen molar-refractivity contribution < 1.29 is 4.79 Å². The van der Waals surface area contributed by atoms with Crippen molar-refractivity contribution in [3.05, 3.63) is 59.4 Å². The van der Waals surface area contributed by atoms with Gasteiger partial charge in [0.05, 0.1) is 11.6 Å². The van der Waals surface area contributed by atoms with E-state index in [1.165, 1.54) is 12.8 Å². The van der Waals surface area contributed by atoms with Crippen LogP contribution in [0.1, 0.15) is 47.3 Å². The molecule has 1 aromatic carbocycles. The fourth-order valence-electron chi connectivity index (χ4n) is 3.06. The van der Waals surface area contributed by atoms with Crippen LogP contribution >= 0.6 is 0 Å². The zero-order chi connectivity index (χ0) is 16.2. The van der Waals surface area contributed by atoms with Crippen LogP contribution in [0, 0.1) is 6.92 Å². The number of carbonyl (C=O) groups excluding carboxylic acids is 1. The lowest BCUT2D eigenvalue weighted by Gasteiger charge is -2.22. The summed E-state index contributed by atoms with van der Waals surface area (Å²) >= 11 is 0. The van der Waals surface area contributed by atoms with Gasteiger partial charge in [-0.2, -0.15) is 0 Å². The summed E-state index contributed by atoms with van der Waals surface area (Å²) in [6.07, 6.45) is 5.93. The molecule has 3 rings (SSSR count). The second kappa shape index (κ2) is 6.82. The predicted molar refractivity (Wildman–Crippen MR) is 92.7 cm³/mol. The van der Waals surface area contributed by atoms with Crippen molar-refractivity contribution in [3.8, 4) is 0 Å². The molecule has 1 fully saturated rings. The average molecular weight is 309 g/mol. The normalized spacial score (nSPS) is 15.5. The summed E-state index contributed by atoms with van der Waals surface area (Å²) < 4.78 is 0. The molecule has 0 spiro atoms. The molecule has 0 radical (unpaired) electrons. The number of nitrogens with zero attached hydrogens (tertiary/aromatic N) is 2. The molecule has 23 heavy (non-hydrogen) atoms. The number of aryl methyl sites for hydroxylation is 1. The third-order valence-electron chi connectivity index (χ3n) is 4.38. The van der Waals surface area contributed by atoms with Crippen molar-refractivity contribution in [2.45, 2.75) is 32.7 Å². The quantitative estimate of drug-likeness (QED) is 0.940. The summed E-state index contributed by atoms with van der Waals surface area (Å²) in [5.41, 5.74) is 3.93. The highest BCUT2D eigenvalue weighted by Gasteiger charge is 2.20. The largest absolute Gasteiger partial charge is 0.371 e. The van der Waals surface area contributed by atoms with Crippen LogP contribution in [-0.4, -0.2) is 24.0 Å². The van der Waals surface area contributed by atoms with E-state index in [1.54, 1.807) is 12.4 Å². The summed E-state index contributed by atoms with van der Waals surface area (Å²) in [5, 5.41) is 3.10. The van der Waals surface area contributed by atoms with E-state index >= 15 is 0 Å². The number of carbonyl (C=O) groups is 1. The Hall–Kier alpha value is -2.36. The molecule has 1 N–H and O–H groups in total. The van der Waals surface area contributed by atoms with Gasteiger partial charge in [-0.3, -0.25) is 9.78 Å². The first kappa shape index (κ1) is 15.5. The Kier molecular flexibility index (Phi) is 4.60. The molecule has 2 heterocycles. The Morgan fingerprint density at radius 2 is 2.04 bits per heavy atom. The Balaban J connectivity index is 1.82.